The monoisotopic (exact) mass is 711 g/mol. The lowest BCUT2D eigenvalue weighted by molar-refractivity contribution is -0.183. The number of allylic oxidation sites excluding steroid dienone is 12. The summed E-state index contributed by atoms with van der Waals surface area (Å²) in [5.74, 6) is 3.29. The number of fused-ring (bicyclic) bond motifs is 2. The molecular weight excluding hydrogens is 633 g/mol. The van der Waals surface area contributed by atoms with E-state index in [1.165, 1.54) is 69.8 Å². The van der Waals surface area contributed by atoms with Crippen LogP contribution in [0.15, 0.2) is 72.4 Å². The van der Waals surface area contributed by atoms with Crippen LogP contribution in [0.4, 0.5) is 0 Å². The maximum atomic E-state index is 13.1. The SMILES string of the molecule is CC/C=C\C/C=C\C/C=C\C/C=C\C/C=C\CCCC(=O)O[C@H]1CC[C@]23C[C@]24CC[C@]2(C)[C@@H]([C@H](C)CCC=C(C)C)CC[C@@]2(C)[C@@H]4CC[C@H]3C1(C)C. The average molecular weight is 711 g/mol. The largest absolute Gasteiger partial charge is 0.462 e. The molecule has 5 fully saturated rings. The van der Waals surface area contributed by atoms with Crippen LogP contribution >= 0.6 is 0 Å². The molecule has 290 valence electrons. The quantitative estimate of drug-likeness (QED) is 0.0804. The zero-order valence-electron chi connectivity index (χ0n) is 35.0. The van der Waals surface area contributed by atoms with Crippen molar-refractivity contribution in [1.29, 1.82) is 0 Å². The van der Waals surface area contributed by atoms with Crippen molar-refractivity contribution in [2.24, 2.45) is 50.7 Å². The van der Waals surface area contributed by atoms with Crippen molar-refractivity contribution in [1.82, 2.24) is 0 Å². The molecule has 0 aromatic carbocycles. The third-order valence-corrected chi connectivity index (χ3v) is 16.2. The molecule has 2 nitrogen and oxygen atoms in total. The molecule has 0 radical (unpaired) electrons. The molecule has 52 heavy (non-hydrogen) atoms. The molecule has 5 saturated carbocycles. The molecule has 0 aliphatic heterocycles. The van der Waals surface area contributed by atoms with E-state index in [-0.39, 0.29) is 17.5 Å². The molecule has 5 aliphatic carbocycles. The van der Waals surface area contributed by atoms with E-state index in [1.54, 1.807) is 0 Å². The topological polar surface area (TPSA) is 26.3 Å². The van der Waals surface area contributed by atoms with E-state index in [9.17, 15) is 4.79 Å². The minimum atomic E-state index is 0.0252. The van der Waals surface area contributed by atoms with Gasteiger partial charge in [0.2, 0.25) is 0 Å². The van der Waals surface area contributed by atoms with Gasteiger partial charge in [0.15, 0.2) is 0 Å². The van der Waals surface area contributed by atoms with Gasteiger partial charge in [0.05, 0.1) is 0 Å². The van der Waals surface area contributed by atoms with E-state index in [2.05, 4.69) is 122 Å². The number of ether oxygens (including phenoxy) is 1. The first-order valence-electron chi connectivity index (χ1n) is 22.0. The van der Waals surface area contributed by atoms with Crippen LogP contribution < -0.4 is 0 Å². The number of carbonyl (C=O) groups excluding carboxylic acids is 1. The van der Waals surface area contributed by atoms with Gasteiger partial charge in [-0.05, 0) is 175 Å². The summed E-state index contributed by atoms with van der Waals surface area (Å²) in [4.78, 5) is 13.1. The van der Waals surface area contributed by atoms with Crippen LogP contribution in [-0.2, 0) is 9.53 Å². The van der Waals surface area contributed by atoms with Crippen molar-refractivity contribution in [3.05, 3.63) is 72.4 Å². The summed E-state index contributed by atoms with van der Waals surface area (Å²) in [5, 5.41) is 0. The number of hydrogen-bond donors (Lipinski definition) is 0. The Labute approximate surface area is 321 Å². The number of esters is 1. The van der Waals surface area contributed by atoms with Gasteiger partial charge in [0, 0.05) is 11.8 Å². The summed E-state index contributed by atoms with van der Waals surface area (Å²) < 4.78 is 6.38. The molecule has 0 unspecified atom stereocenters. The second kappa shape index (κ2) is 17.6. The third-order valence-electron chi connectivity index (χ3n) is 16.2. The fraction of sp³-hybridized carbons (Fsp3) is 0.740. The number of carbonyl (C=O) groups is 1. The standard InChI is InChI=1S/C50H78O2/c1-9-10-11-12-13-14-15-16-17-18-19-20-21-22-23-24-25-29-45(51)52-44-33-35-49-38-50(49)37-36-47(7)41(40(4)28-26-27-39(2)3)32-34-48(47,8)43(50)31-30-42(49)46(44,5)6/h10-11,13-14,16-17,19-20,22-23,27,40-44H,9,12,15,18,21,24-26,28-38H2,1-8H3/b11-10-,14-13-,17-16-,20-19-,23-22-/t40-,41-,42+,43+,44+,47-,48+,49-,50+/m1/s1. The van der Waals surface area contributed by atoms with Gasteiger partial charge in [-0.15, -0.1) is 0 Å². The summed E-state index contributed by atoms with van der Waals surface area (Å²) in [6, 6.07) is 0. The molecule has 2 spiro atoms. The maximum absolute atomic E-state index is 13.1. The highest BCUT2D eigenvalue weighted by atomic mass is 16.5. The van der Waals surface area contributed by atoms with Crippen molar-refractivity contribution >= 4 is 5.97 Å². The molecule has 0 saturated heterocycles. The summed E-state index contributed by atoms with van der Waals surface area (Å²) in [6.07, 6.45) is 47.2. The highest BCUT2D eigenvalue weighted by molar-refractivity contribution is 5.69. The zero-order valence-corrected chi connectivity index (χ0v) is 35.0. The molecule has 0 N–H and O–H groups in total. The molecular formula is C50H78O2. The van der Waals surface area contributed by atoms with E-state index >= 15 is 0 Å². The fourth-order valence-corrected chi connectivity index (χ4v) is 13.3. The first kappa shape index (κ1) is 41.1. The molecule has 0 aromatic rings. The maximum Gasteiger partial charge on any atom is 0.306 e. The van der Waals surface area contributed by atoms with Gasteiger partial charge in [-0.2, -0.15) is 0 Å². The van der Waals surface area contributed by atoms with Gasteiger partial charge < -0.3 is 4.74 Å². The van der Waals surface area contributed by atoms with E-state index in [0.717, 1.165) is 69.1 Å². The van der Waals surface area contributed by atoms with Gasteiger partial charge in [-0.25, -0.2) is 0 Å². The van der Waals surface area contributed by atoms with Crippen molar-refractivity contribution in [3.63, 3.8) is 0 Å². The van der Waals surface area contributed by atoms with Gasteiger partial charge in [0.25, 0.3) is 0 Å². The van der Waals surface area contributed by atoms with E-state index in [4.69, 9.17) is 4.74 Å². The van der Waals surface area contributed by atoms with E-state index in [0.29, 0.717) is 34.0 Å². The van der Waals surface area contributed by atoms with Gasteiger partial charge in [-0.3, -0.25) is 4.79 Å². The van der Waals surface area contributed by atoms with E-state index in [1.807, 2.05) is 0 Å². The molecule has 5 rings (SSSR count). The second-order valence-corrected chi connectivity index (χ2v) is 19.4. The predicted molar refractivity (Wildman–Crippen MR) is 223 cm³/mol. The Bertz CT molecular complexity index is 1370. The van der Waals surface area contributed by atoms with Gasteiger partial charge in [0.1, 0.15) is 6.10 Å². The van der Waals surface area contributed by atoms with Gasteiger partial charge >= 0.3 is 5.97 Å². The van der Waals surface area contributed by atoms with Crippen LogP contribution in [0.1, 0.15) is 177 Å². The van der Waals surface area contributed by atoms with Crippen molar-refractivity contribution < 1.29 is 9.53 Å². The summed E-state index contributed by atoms with van der Waals surface area (Å²) in [7, 11) is 0. The smallest absolute Gasteiger partial charge is 0.306 e. The van der Waals surface area contributed by atoms with Crippen LogP contribution in [0.5, 0.6) is 0 Å². The van der Waals surface area contributed by atoms with Crippen molar-refractivity contribution in [2.75, 3.05) is 0 Å². The lowest BCUT2D eigenvalue weighted by Gasteiger charge is -2.63. The zero-order chi connectivity index (χ0) is 37.5. The molecule has 9 atom stereocenters. The lowest BCUT2D eigenvalue weighted by Crippen LogP contribution is -2.58. The van der Waals surface area contributed by atoms with Crippen LogP contribution in [-0.4, -0.2) is 12.1 Å². The van der Waals surface area contributed by atoms with E-state index < -0.39 is 0 Å². The highest BCUT2D eigenvalue weighted by Gasteiger charge is 2.82. The Hall–Kier alpha value is -2.09. The predicted octanol–water partition coefficient (Wildman–Crippen LogP) is 14.6. The Morgan fingerprint density at radius 3 is 1.92 bits per heavy atom. The van der Waals surface area contributed by atoms with Crippen molar-refractivity contribution in [3.8, 4) is 0 Å². The highest BCUT2D eigenvalue weighted by Crippen LogP contribution is 2.89. The summed E-state index contributed by atoms with van der Waals surface area (Å²) in [5.41, 5.74) is 3.55. The van der Waals surface area contributed by atoms with Crippen LogP contribution in [0, 0.1) is 50.7 Å². The number of rotatable bonds is 18. The van der Waals surface area contributed by atoms with Crippen LogP contribution in [0.25, 0.3) is 0 Å². The Balaban J connectivity index is 1.05. The molecule has 0 aromatic heterocycles. The minimum absolute atomic E-state index is 0.0252. The van der Waals surface area contributed by atoms with Crippen LogP contribution in [0.3, 0.4) is 0 Å². The fourth-order valence-electron chi connectivity index (χ4n) is 13.3. The molecule has 5 aliphatic rings. The molecule has 0 heterocycles. The second-order valence-electron chi connectivity index (χ2n) is 19.4. The Morgan fingerprint density at radius 2 is 1.29 bits per heavy atom. The molecule has 2 heteroatoms. The minimum Gasteiger partial charge on any atom is -0.462 e. The average Bonchev–Trinajstić information content (AvgIpc) is 3.68. The third kappa shape index (κ3) is 8.27. The normalized spacial score (nSPS) is 37.0. The van der Waals surface area contributed by atoms with Crippen LogP contribution in [0.2, 0.25) is 0 Å². The number of hydrogen-bond acceptors (Lipinski definition) is 2. The number of unbranched alkanes of at least 4 members (excludes halogenated alkanes) is 1. The molecule has 0 bridgehead atoms. The first-order chi connectivity index (χ1) is 24.9. The Kier molecular flexibility index (Phi) is 13.9. The van der Waals surface area contributed by atoms with Gasteiger partial charge in [-0.1, -0.05) is 114 Å². The molecule has 0 amide bonds. The summed E-state index contributed by atoms with van der Waals surface area (Å²) in [6.45, 7) is 19.7. The summed E-state index contributed by atoms with van der Waals surface area (Å²) >= 11 is 0. The lowest BCUT2D eigenvalue weighted by atomic mass is 9.41. The first-order valence-corrected chi connectivity index (χ1v) is 22.0. The van der Waals surface area contributed by atoms with Crippen molar-refractivity contribution in [2.45, 2.75) is 183 Å². The Morgan fingerprint density at radius 1 is 0.692 bits per heavy atom.